The molecule has 0 spiro atoms. The van der Waals surface area contributed by atoms with E-state index in [-0.39, 0.29) is 13.0 Å². The molecule has 58 heavy (non-hydrogen) atoms. The summed E-state index contributed by atoms with van der Waals surface area (Å²) < 4.78 is 33.3. The van der Waals surface area contributed by atoms with Crippen LogP contribution in [0.25, 0.3) is 0 Å². The zero-order valence-electron chi connectivity index (χ0n) is 36.2. The quantitative estimate of drug-likeness (QED) is 0.0238. The van der Waals surface area contributed by atoms with E-state index in [9.17, 15) is 19.4 Å². The molecular weight excluding hydrogens is 751 g/mol. The number of aliphatic hydroxyl groups excluding tert-OH is 2. The summed E-state index contributed by atoms with van der Waals surface area (Å²) in [5.74, 6) is -0.447. The zero-order chi connectivity index (χ0) is 42.5. The lowest BCUT2D eigenvalue weighted by molar-refractivity contribution is -0.154. The Hall–Kier alpha value is -2.62. The molecule has 0 radical (unpaired) electrons. The number of phosphoric acid groups is 1. The van der Waals surface area contributed by atoms with Crippen molar-refractivity contribution in [3.05, 3.63) is 97.2 Å². The second-order valence-corrected chi connectivity index (χ2v) is 15.8. The van der Waals surface area contributed by atoms with Crippen LogP contribution in [0.1, 0.15) is 155 Å². The smallest absolute Gasteiger partial charge is 0.457 e. The van der Waals surface area contributed by atoms with Crippen molar-refractivity contribution < 1.29 is 43.0 Å². The number of carbonyl (C=O) groups excluding carboxylic acids is 1. The predicted molar refractivity (Wildman–Crippen MR) is 242 cm³/mol. The van der Waals surface area contributed by atoms with E-state index in [1.54, 1.807) is 0 Å². The van der Waals surface area contributed by atoms with Crippen LogP contribution in [0.5, 0.6) is 0 Å². The molecule has 0 aromatic rings. The van der Waals surface area contributed by atoms with Gasteiger partial charge >= 0.3 is 13.8 Å². The van der Waals surface area contributed by atoms with Gasteiger partial charge in [-0.3, -0.25) is 13.8 Å². The van der Waals surface area contributed by atoms with Crippen molar-refractivity contribution >= 4 is 13.8 Å². The molecule has 3 atom stereocenters. The number of aliphatic hydroxyl groups is 2. The first-order chi connectivity index (χ1) is 28.3. The predicted octanol–water partition coefficient (Wildman–Crippen LogP) is 12.5. The van der Waals surface area contributed by atoms with Crippen LogP contribution in [0.15, 0.2) is 97.2 Å². The highest BCUT2D eigenvalue weighted by atomic mass is 31.2. The maximum absolute atomic E-state index is 12.6. The monoisotopic (exact) mass is 833 g/mol. The molecule has 0 heterocycles. The van der Waals surface area contributed by atoms with Crippen LogP contribution in [-0.2, 0) is 27.9 Å². The average molecular weight is 833 g/mol. The summed E-state index contributed by atoms with van der Waals surface area (Å²) in [6.45, 7) is 3.25. The van der Waals surface area contributed by atoms with Crippen LogP contribution in [0, 0.1) is 0 Å². The number of hydrogen-bond acceptors (Lipinski definition) is 8. The molecule has 0 bridgehead atoms. The maximum Gasteiger partial charge on any atom is 0.472 e. The lowest BCUT2D eigenvalue weighted by atomic mass is 10.1. The summed E-state index contributed by atoms with van der Waals surface area (Å²) in [4.78, 5) is 22.6. The summed E-state index contributed by atoms with van der Waals surface area (Å²) >= 11 is 0. The number of carbonyl (C=O) groups is 1. The van der Waals surface area contributed by atoms with Gasteiger partial charge in [-0.1, -0.05) is 156 Å². The molecule has 0 fully saturated rings. The number of allylic oxidation sites excluding steroid dienone is 16. The molecule has 0 rings (SSSR count). The normalized spacial score (nSPS) is 14.9. The molecule has 0 aliphatic carbocycles. The highest BCUT2D eigenvalue weighted by Crippen LogP contribution is 2.43. The molecule has 0 aliphatic heterocycles. The highest BCUT2D eigenvalue weighted by Gasteiger charge is 2.26. The molecule has 0 amide bonds. The van der Waals surface area contributed by atoms with Crippen molar-refractivity contribution in [2.45, 2.75) is 167 Å². The van der Waals surface area contributed by atoms with Crippen molar-refractivity contribution in [3.8, 4) is 0 Å². The second-order valence-electron chi connectivity index (χ2n) is 14.3. The van der Waals surface area contributed by atoms with Gasteiger partial charge in [-0.05, 0) is 89.9 Å². The van der Waals surface area contributed by atoms with Gasteiger partial charge in [-0.2, -0.15) is 0 Å². The van der Waals surface area contributed by atoms with E-state index < -0.39 is 45.8 Å². The zero-order valence-corrected chi connectivity index (χ0v) is 37.1. The van der Waals surface area contributed by atoms with E-state index >= 15 is 0 Å². The molecule has 9 nitrogen and oxygen atoms in total. The molecule has 0 saturated heterocycles. The lowest BCUT2D eigenvalue weighted by Crippen LogP contribution is -2.29. The lowest BCUT2D eigenvalue weighted by Gasteiger charge is -2.20. The number of hydrogen-bond donors (Lipinski definition) is 3. The van der Waals surface area contributed by atoms with E-state index in [2.05, 4.69) is 105 Å². The van der Waals surface area contributed by atoms with Gasteiger partial charge in [0.15, 0.2) is 0 Å². The van der Waals surface area contributed by atoms with E-state index in [1.165, 1.54) is 51.4 Å². The van der Waals surface area contributed by atoms with Crippen molar-refractivity contribution in [1.82, 2.24) is 0 Å². The Morgan fingerprint density at radius 1 is 0.552 bits per heavy atom. The molecule has 332 valence electrons. The third-order valence-corrected chi connectivity index (χ3v) is 9.70. The van der Waals surface area contributed by atoms with Crippen LogP contribution in [0.3, 0.4) is 0 Å². The van der Waals surface area contributed by atoms with E-state index in [1.807, 2.05) is 6.08 Å². The number of ether oxygens (including phenoxy) is 2. The van der Waals surface area contributed by atoms with E-state index in [0.717, 1.165) is 77.0 Å². The van der Waals surface area contributed by atoms with Crippen LogP contribution < -0.4 is 0 Å². The third-order valence-electron chi connectivity index (χ3n) is 8.75. The van der Waals surface area contributed by atoms with E-state index in [4.69, 9.17) is 23.6 Å². The number of unbranched alkanes of at least 4 members (excludes halogenated alkanes) is 11. The van der Waals surface area contributed by atoms with Gasteiger partial charge in [-0.25, -0.2) is 4.57 Å². The molecular formula is C48H81O9P. The van der Waals surface area contributed by atoms with Crippen LogP contribution in [0.2, 0.25) is 0 Å². The Morgan fingerprint density at radius 3 is 1.48 bits per heavy atom. The van der Waals surface area contributed by atoms with Crippen LogP contribution >= 0.6 is 7.82 Å². The van der Waals surface area contributed by atoms with Gasteiger partial charge in [0.1, 0.15) is 12.2 Å². The van der Waals surface area contributed by atoms with Gasteiger partial charge in [0.2, 0.25) is 0 Å². The first kappa shape index (κ1) is 55.4. The minimum absolute atomic E-state index is 0.0132. The number of esters is 1. The summed E-state index contributed by atoms with van der Waals surface area (Å²) in [6.07, 6.45) is 55.1. The van der Waals surface area contributed by atoms with Gasteiger partial charge in [0, 0.05) is 13.0 Å². The maximum atomic E-state index is 12.6. The number of rotatable bonds is 41. The topological polar surface area (TPSA) is 132 Å². The SMILES string of the molecule is CC/C=C\C/C=C\C/C=C\C/C=C\C/C=C\CCCC(=O)OC(COCCCCCCCCC/C=C\C/C=C\C/C=C\CCCCC)COP(=O)(O)OCC(O)CO. The Balaban J connectivity index is 4.29. The van der Waals surface area contributed by atoms with Crippen LogP contribution in [-0.4, -0.2) is 66.3 Å². The molecule has 3 N–H and O–H groups in total. The summed E-state index contributed by atoms with van der Waals surface area (Å²) in [5.41, 5.74) is 0. The standard InChI is InChI=1S/C48H81O9P/c1-3-5-7-9-11-13-15-17-19-21-22-23-25-27-29-31-33-35-37-39-41-54-44-47(45-56-58(52,53)55-43-46(50)42-49)57-48(51)40-38-36-34-32-30-28-26-24-20-18-16-14-12-10-8-6-4-2/h6,8,11-14,17-20,22-23,26,28,32,34,46-47,49-50H,3-5,7,9-10,15-16,21,24-25,27,29-31,33,35-45H2,1-2H3,(H,52,53)/b8-6-,13-11-,14-12-,19-17-,20-18-,23-22-,28-26-,34-32-. The van der Waals surface area contributed by atoms with Crippen molar-refractivity contribution in [2.75, 3.05) is 33.0 Å². The largest absolute Gasteiger partial charge is 0.472 e. The van der Waals surface area contributed by atoms with Crippen molar-refractivity contribution in [3.63, 3.8) is 0 Å². The Labute approximate surface area is 353 Å². The van der Waals surface area contributed by atoms with Crippen molar-refractivity contribution in [2.24, 2.45) is 0 Å². The summed E-state index contributed by atoms with van der Waals surface area (Å²) in [5, 5.41) is 18.4. The fourth-order valence-corrected chi connectivity index (χ4v) is 6.19. The highest BCUT2D eigenvalue weighted by molar-refractivity contribution is 7.47. The second kappa shape index (κ2) is 43.9. The molecule has 0 aromatic carbocycles. The molecule has 10 heteroatoms. The van der Waals surface area contributed by atoms with Gasteiger partial charge in [0.05, 0.1) is 26.4 Å². The fourth-order valence-electron chi connectivity index (χ4n) is 5.40. The van der Waals surface area contributed by atoms with E-state index in [0.29, 0.717) is 13.0 Å². The molecule has 0 aromatic heterocycles. The van der Waals surface area contributed by atoms with Gasteiger partial charge < -0.3 is 24.6 Å². The summed E-state index contributed by atoms with van der Waals surface area (Å²) in [6, 6.07) is 0. The molecule has 0 saturated carbocycles. The minimum Gasteiger partial charge on any atom is -0.457 e. The summed E-state index contributed by atoms with van der Waals surface area (Å²) in [7, 11) is -4.54. The average Bonchev–Trinajstić information content (AvgIpc) is 3.21. The number of phosphoric ester groups is 1. The third kappa shape index (κ3) is 43.0. The molecule has 3 unspecified atom stereocenters. The fraction of sp³-hybridized carbons (Fsp3) is 0.646. The Bertz CT molecular complexity index is 1220. The van der Waals surface area contributed by atoms with Crippen LogP contribution in [0.4, 0.5) is 0 Å². The molecule has 0 aliphatic rings. The Kier molecular flexibility index (Phi) is 42.0. The Morgan fingerprint density at radius 2 is 0.983 bits per heavy atom. The minimum atomic E-state index is -4.54. The van der Waals surface area contributed by atoms with Crippen molar-refractivity contribution in [1.29, 1.82) is 0 Å². The first-order valence-electron chi connectivity index (χ1n) is 22.2. The van der Waals surface area contributed by atoms with Gasteiger partial charge in [-0.15, -0.1) is 0 Å². The van der Waals surface area contributed by atoms with Gasteiger partial charge in [0.25, 0.3) is 0 Å². The first-order valence-corrected chi connectivity index (χ1v) is 23.7.